The second-order valence-corrected chi connectivity index (χ2v) is 3.93. The molecule has 0 spiro atoms. The van der Waals surface area contributed by atoms with E-state index in [1.807, 2.05) is 37.3 Å². The van der Waals surface area contributed by atoms with E-state index in [4.69, 9.17) is 0 Å². The summed E-state index contributed by atoms with van der Waals surface area (Å²) in [5, 5.41) is 0. The standard InChI is InChI=1S/C14H18O2/c1-2-7-13(15)10-6-11-14(16)12-8-4-3-5-9-12/h3-5,8-9H,2,6-7,10-11H2,1H3. The van der Waals surface area contributed by atoms with Crippen molar-refractivity contribution >= 4 is 11.6 Å². The van der Waals surface area contributed by atoms with E-state index in [2.05, 4.69) is 0 Å². The molecule has 0 saturated carbocycles. The van der Waals surface area contributed by atoms with Crippen LogP contribution in [0.4, 0.5) is 0 Å². The second kappa shape index (κ2) is 6.94. The molecule has 0 aromatic heterocycles. The van der Waals surface area contributed by atoms with Gasteiger partial charge >= 0.3 is 0 Å². The summed E-state index contributed by atoms with van der Waals surface area (Å²) >= 11 is 0. The van der Waals surface area contributed by atoms with Gasteiger partial charge in [0, 0.05) is 24.8 Å². The number of carbonyl (C=O) groups is 2. The summed E-state index contributed by atoms with van der Waals surface area (Å²) < 4.78 is 0. The van der Waals surface area contributed by atoms with Gasteiger partial charge in [0.25, 0.3) is 0 Å². The number of benzene rings is 1. The van der Waals surface area contributed by atoms with Crippen LogP contribution in [0, 0.1) is 0 Å². The summed E-state index contributed by atoms with van der Waals surface area (Å²) in [4.78, 5) is 22.9. The summed E-state index contributed by atoms with van der Waals surface area (Å²) in [6, 6.07) is 9.24. The number of carbonyl (C=O) groups excluding carboxylic acids is 2. The molecular weight excluding hydrogens is 200 g/mol. The first-order valence-corrected chi connectivity index (χ1v) is 5.84. The number of hydrogen-bond acceptors (Lipinski definition) is 2. The lowest BCUT2D eigenvalue weighted by atomic mass is 10.0. The van der Waals surface area contributed by atoms with Crippen LogP contribution in [0.5, 0.6) is 0 Å². The summed E-state index contributed by atoms with van der Waals surface area (Å²) in [7, 11) is 0. The third-order valence-corrected chi connectivity index (χ3v) is 2.48. The van der Waals surface area contributed by atoms with E-state index in [0.29, 0.717) is 25.7 Å². The Morgan fingerprint density at radius 1 is 1.00 bits per heavy atom. The monoisotopic (exact) mass is 218 g/mol. The molecule has 0 unspecified atom stereocenters. The quantitative estimate of drug-likeness (QED) is 0.657. The van der Waals surface area contributed by atoms with Crippen LogP contribution in [0.15, 0.2) is 30.3 Å². The fourth-order valence-corrected chi connectivity index (χ4v) is 1.62. The SMILES string of the molecule is CCCC(=O)CCCC(=O)c1ccccc1. The highest BCUT2D eigenvalue weighted by Crippen LogP contribution is 2.08. The Bertz CT molecular complexity index is 341. The molecule has 0 amide bonds. The highest BCUT2D eigenvalue weighted by atomic mass is 16.1. The third-order valence-electron chi connectivity index (χ3n) is 2.48. The largest absolute Gasteiger partial charge is 0.300 e. The van der Waals surface area contributed by atoms with Gasteiger partial charge in [0.2, 0.25) is 0 Å². The van der Waals surface area contributed by atoms with Crippen molar-refractivity contribution in [3.05, 3.63) is 35.9 Å². The van der Waals surface area contributed by atoms with Gasteiger partial charge < -0.3 is 0 Å². The fraction of sp³-hybridized carbons (Fsp3) is 0.429. The van der Waals surface area contributed by atoms with Crippen molar-refractivity contribution in [1.29, 1.82) is 0 Å². The van der Waals surface area contributed by atoms with Gasteiger partial charge in [-0.3, -0.25) is 9.59 Å². The van der Waals surface area contributed by atoms with Gasteiger partial charge in [0.15, 0.2) is 5.78 Å². The number of rotatable bonds is 7. The highest BCUT2D eigenvalue weighted by Gasteiger charge is 2.06. The maximum Gasteiger partial charge on any atom is 0.162 e. The van der Waals surface area contributed by atoms with Crippen LogP contribution < -0.4 is 0 Å². The molecule has 0 aliphatic carbocycles. The van der Waals surface area contributed by atoms with Gasteiger partial charge in [-0.15, -0.1) is 0 Å². The minimum atomic E-state index is 0.130. The van der Waals surface area contributed by atoms with Gasteiger partial charge in [-0.2, -0.15) is 0 Å². The predicted octanol–water partition coefficient (Wildman–Crippen LogP) is 3.41. The zero-order chi connectivity index (χ0) is 11.8. The minimum Gasteiger partial charge on any atom is -0.300 e. The number of hydrogen-bond donors (Lipinski definition) is 0. The summed E-state index contributed by atoms with van der Waals surface area (Å²) in [6.07, 6.45) is 3.21. The average Bonchev–Trinajstić information content (AvgIpc) is 2.30. The first kappa shape index (κ1) is 12.6. The van der Waals surface area contributed by atoms with Crippen LogP contribution in [-0.2, 0) is 4.79 Å². The Kier molecular flexibility index (Phi) is 5.48. The Morgan fingerprint density at radius 3 is 2.31 bits per heavy atom. The third kappa shape index (κ3) is 4.39. The van der Waals surface area contributed by atoms with E-state index in [1.54, 1.807) is 0 Å². The fourth-order valence-electron chi connectivity index (χ4n) is 1.62. The van der Waals surface area contributed by atoms with E-state index in [-0.39, 0.29) is 11.6 Å². The number of ketones is 2. The maximum absolute atomic E-state index is 11.7. The molecule has 1 aromatic carbocycles. The average molecular weight is 218 g/mol. The van der Waals surface area contributed by atoms with Crippen LogP contribution in [-0.4, -0.2) is 11.6 Å². The topological polar surface area (TPSA) is 34.1 Å². The molecule has 0 radical (unpaired) electrons. The lowest BCUT2D eigenvalue weighted by Crippen LogP contribution is -2.02. The molecule has 1 rings (SSSR count). The molecule has 1 aromatic rings. The molecule has 0 saturated heterocycles. The van der Waals surface area contributed by atoms with Gasteiger partial charge in [-0.1, -0.05) is 37.3 Å². The van der Waals surface area contributed by atoms with E-state index < -0.39 is 0 Å². The van der Waals surface area contributed by atoms with Crippen molar-refractivity contribution in [3.8, 4) is 0 Å². The normalized spacial score (nSPS) is 10.1. The molecule has 16 heavy (non-hydrogen) atoms. The van der Waals surface area contributed by atoms with Crippen molar-refractivity contribution in [2.24, 2.45) is 0 Å². The van der Waals surface area contributed by atoms with Crippen molar-refractivity contribution < 1.29 is 9.59 Å². The van der Waals surface area contributed by atoms with Crippen molar-refractivity contribution in [1.82, 2.24) is 0 Å². The number of Topliss-reactive ketones (excluding diaryl/α,β-unsaturated/α-hetero) is 2. The molecule has 0 fully saturated rings. The highest BCUT2D eigenvalue weighted by molar-refractivity contribution is 5.96. The molecule has 0 aliphatic rings. The first-order chi connectivity index (χ1) is 7.74. The lowest BCUT2D eigenvalue weighted by molar-refractivity contribution is -0.119. The van der Waals surface area contributed by atoms with Crippen LogP contribution in [0.2, 0.25) is 0 Å². The molecule has 0 aliphatic heterocycles. The zero-order valence-electron chi connectivity index (χ0n) is 9.74. The van der Waals surface area contributed by atoms with Crippen LogP contribution >= 0.6 is 0 Å². The molecular formula is C14H18O2. The molecule has 0 N–H and O–H groups in total. The van der Waals surface area contributed by atoms with Crippen LogP contribution in [0.1, 0.15) is 49.4 Å². The van der Waals surface area contributed by atoms with Crippen LogP contribution in [0.3, 0.4) is 0 Å². The predicted molar refractivity (Wildman–Crippen MR) is 64.5 cm³/mol. The summed E-state index contributed by atoms with van der Waals surface area (Å²) in [6.45, 7) is 1.99. The van der Waals surface area contributed by atoms with Gasteiger partial charge in [0.1, 0.15) is 5.78 Å². The molecule has 0 bridgehead atoms. The van der Waals surface area contributed by atoms with Gasteiger partial charge in [-0.05, 0) is 12.8 Å². The van der Waals surface area contributed by atoms with E-state index in [9.17, 15) is 9.59 Å². The molecule has 2 nitrogen and oxygen atoms in total. The van der Waals surface area contributed by atoms with Gasteiger partial charge in [0.05, 0.1) is 0 Å². The van der Waals surface area contributed by atoms with E-state index in [1.165, 1.54) is 0 Å². The van der Waals surface area contributed by atoms with Crippen molar-refractivity contribution in [3.63, 3.8) is 0 Å². The van der Waals surface area contributed by atoms with Crippen LogP contribution in [0.25, 0.3) is 0 Å². The lowest BCUT2D eigenvalue weighted by Gasteiger charge is -2.00. The summed E-state index contributed by atoms with van der Waals surface area (Å²) in [5.74, 6) is 0.397. The Balaban J connectivity index is 2.29. The first-order valence-electron chi connectivity index (χ1n) is 5.84. The molecule has 86 valence electrons. The Morgan fingerprint density at radius 2 is 1.69 bits per heavy atom. The van der Waals surface area contributed by atoms with Crippen molar-refractivity contribution in [2.45, 2.75) is 39.0 Å². The smallest absolute Gasteiger partial charge is 0.162 e. The summed E-state index contributed by atoms with van der Waals surface area (Å²) in [5.41, 5.74) is 0.741. The molecule has 0 atom stereocenters. The molecule has 0 heterocycles. The van der Waals surface area contributed by atoms with E-state index >= 15 is 0 Å². The Labute approximate surface area is 96.7 Å². The maximum atomic E-state index is 11.7. The van der Waals surface area contributed by atoms with Gasteiger partial charge in [-0.25, -0.2) is 0 Å². The Hall–Kier alpha value is -1.44. The zero-order valence-corrected chi connectivity index (χ0v) is 9.74. The molecule has 2 heteroatoms. The van der Waals surface area contributed by atoms with E-state index in [0.717, 1.165) is 12.0 Å². The van der Waals surface area contributed by atoms with Crippen molar-refractivity contribution in [2.75, 3.05) is 0 Å². The minimum absolute atomic E-state index is 0.130. The second-order valence-electron chi connectivity index (χ2n) is 3.93.